The lowest BCUT2D eigenvalue weighted by molar-refractivity contribution is 1.11. The van der Waals surface area contributed by atoms with Crippen LogP contribution in [0.5, 0.6) is 0 Å². The van der Waals surface area contributed by atoms with Gasteiger partial charge in [0, 0.05) is 16.1 Å². The van der Waals surface area contributed by atoms with Crippen LogP contribution >= 0.6 is 15.9 Å². The van der Waals surface area contributed by atoms with Crippen molar-refractivity contribution in [2.45, 2.75) is 0 Å². The molecule has 1 aromatic carbocycles. The number of pyridine rings is 1. The Bertz CT molecular complexity index is 701. The van der Waals surface area contributed by atoms with E-state index in [0.717, 1.165) is 26.8 Å². The average Bonchev–Trinajstić information content (AvgIpc) is 2.80. The third-order valence-electron chi connectivity index (χ3n) is 2.65. The zero-order valence-electron chi connectivity index (χ0n) is 9.47. The summed E-state index contributed by atoms with van der Waals surface area (Å²) in [4.78, 5) is 4.24. The van der Waals surface area contributed by atoms with Crippen molar-refractivity contribution in [2.24, 2.45) is 0 Å². The minimum atomic E-state index is 0.914. The summed E-state index contributed by atoms with van der Waals surface area (Å²) in [5.41, 5.74) is 2.86. The number of benzene rings is 1. The van der Waals surface area contributed by atoms with Gasteiger partial charge in [0.2, 0.25) is 0 Å². The second kappa shape index (κ2) is 4.74. The van der Waals surface area contributed by atoms with Gasteiger partial charge in [-0.3, -0.25) is 10.1 Å². The monoisotopic (exact) mass is 299 g/mol. The largest absolute Gasteiger partial charge is 0.277 e. The number of hydrogen-bond acceptors (Lipinski definition) is 2. The molecule has 3 rings (SSSR count). The average molecular weight is 300 g/mol. The zero-order valence-corrected chi connectivity index (χ0v) is 11.1. The van der Waals surface area contributed by atoms with Crippen LogP contribution in [0.1, 0.15) is 11.4 Å². The normalized spacial score (nSPS) is 11.4. The molecule has 0 saturated heterocycles. The van der Waals surface area contributed by atoms with Crippen molar-refractivity contribution < 1.29 is 0 Å². The summed E-state index contributed by atoms with van der Waals surface area (Å²) in [5, 5.41) is 8.39. The molecule has 3 nitrogen and oxygen atoms in total. The molecule has 0 unspecified atom stereocenters. The molecule has 18 heavy (non-hydrogen) atoms. The summed E-state index contributed by atoms with van der Waals surface area (Å²) in [7, 11) is 0. The maximum atomic E-state index is 4.29. The first-order chi connectivity index (χ1) is 8.83. The van der Waals surface area contributed by atoms with E-state index in [4.69, 9.17) is 0 Å². The number of fused-ring (bicyclic) bond motifs is 1. The maximum Gasteiger partial charge on any atom is 0.0928 e. The number of nitrogens with zero attached hydrogens (tertiary/aromatic N) is 2. The van der Waals surface area contributed by atoms with Gasteiger partial charge in [0.25, 0.3) is 0 Å². The molecule has 0 aliphatic carbocycles. The molecule has 0 atom stereocenters. The van der Waals surface area contributed by atoms with Crippen LogP contribution in [0.25, 0.3) is 23.1 Å². The molecule has 0 aliphatic rings. The van der Waals surface area contributed by atoms with E-state index in [1.807, 2.05) is 42.5 Å². The fourth-order valence-corrected chi connectivity index (χ4v) is 2.13. The van der Waals surface area contributed by atoms with Crippen LogP contribution in [-0.4, -0.2) is 15.2 Å². The van der Waals surface area contributed by atoms with Crippen LogP contribution in [-0.2, 0) is 0 Å². The first kappa shape index (κ1) is 11.2. The van der Waals surface area contributed by atoms with Crippen molar-refractivity contribution in [2.75, 3.05) is 0 Å². The van der Waals surface area contributed by atoms with Crippen molar-refractivity contribution in [1.82, 2.24) is 15.2 Å². The molecule has 2 heterocycles. The van der Waals surface area contributed by atoms with E-state index < -0.39 is 0 Å². The predicted molar refractivity (Wildman–Crippen MR) is 77.0 cm³/mol. The molecule has 3 aromatic rings. The molecule has 0 radical (unpaired) electrons. The number of H-pyrrole nitrogens is 1. The Hall–Kier alpha value is -1.94. The van der Waals surface area contributed by atoms with E-state index in [0.29, 0.717) is 0 Å². The van der Waals surface area contributed by atoms with Crippen molar-refractivity contribution in [3.8, 4) is 0 Å². The Morgan fingerprint density at radius 3 is 2.89 bits per heavy atom. The number of halogens is 1. The van der Waals surface area contributed by atoms with Crippen LogP contribution < -0.4 is 0 Å². The Morgan fingerprint density at radius 2 is 2.06 bits per heavy atom. The highest BCUT2D eigenvalue weighted by Crippen LogP contribution is 2.22. The van der Waals surface area contributed by atoms with Crippen LogP contribution in [0.3, 0.4) is 0 Å². The highest BCUT2D eigenvalue weighted by molar-refractivity contribution is 9.10. The van der Waals surface area contributed by atoms with Gasteiger partial charge in [-0.05, 0) is 42.5 Å². The quantitative estimate of drug-likeness (QED) is 0.780. The molecule has 0 fully saturated rings. The topological polar surface area (TPSA) is 41.6 Å². The second-order valence-corrected chi connectivity index (χ2v) is 4.80. The number of hydrogen-bond donors (Lipinski definition) is 1. The van der Waals surface area contributed by atoms with Gasteiger partial charge in [0.05, 0.1) is 16.9 Å². The highest BCUT2D eigenvalue weighted by Gasteiger charge is 2.02. The minimum absolute atomic E-state index is 0.914. The van der Waals surface area contributed by atoms with Crippen LogP contribution in [0.15, 0.2) is 47.1 Å². The molecule has 2 aromatic heterocycles. The zero-order chi connectivity index (χ0) is 12.4. The first-order valence-electron chi connectivity index (χ1n) is 5.56. The van der Waals surface area contributed by atoms with Crippen LogP contribution in [0, 0.1) is 0 Å². The van der Waals surface area contributed by atoms with Crippen molar-refractivity contribution in [3.05, 3.63) is 58.5 Å². The summed E-state index contributed by atoms with van der Waals surface area (Å²) in [6.07, 6.45) is 5.70. The number of aromatic nitrogens is 3. The van der Waals surface area contributed by atoms with Crippen molar-refractivity contribution in [1.29, 1.82) is 0 Å². The number of rotatable bonds is 2. The summed E-state index contributed by atoms with van der Waals surface area (Å²) in [6.45, 7) is 0. The van der Waals surface area contributed by atoms with Crippen LogP contribution in [0.2, 0.25) is 0 Å². The molecular weight excluding hydrogens is 290 g/mol. The van der Waals surface area contributed by atoms with E-state index >= 15 is 0 Å². The van der Waals surface area contributed by atoms with Gasteiger partial charge in [-0.2, -0.15) is 5.10 Å². The third kappa shape index (κ3) is 2.19. The standard InChI is InChI=1S/C14H10BrN3/c15-10-4-6-13-12(9-10)14(18-17-13)7-5-11-3-1-2-8-16-11/h1-9H,(H,17,18)/b7-5+. The summed E-state index contributed by atoms with van der Waals surface area (Å²) in [5.74, 6) is 0. The summed E-state index contributed by atoms with van der Waals surface area (Å²) < 4.78 is 1.05. The fraction of sp³-hybridized carbons (Fsp3) is 0. The third-order valence-corrected chi connectivity index (χ3v) is 3.15. The van der Waals surface area contributed by atoms with Gasteiger partial charge in [0.15, 0.2) is 0 Å². The smallest absolute Gasteiger partial charge is 0.0928 e. The molecule has 1 N–H and O–H groups in total. The Morgan fingerprint density at radius 1 is 1.11 bits per heavy atom. The molecule has 0 saturated carbocycles. The van der Waals surface area contributed by atoms with E-state index in [9.17, 15) is 0 Å². The van der Waals surface area contributed by atoms with Gasteiger partial charge in [0.1, 0.15) is 0 Å². The fourth-order valence-electron chi connectivity index (χ4n) is 1.77. The lowest BCUT2D eigenvalue weighted by atomic mass is 10.2. The van der Waals surface area contributed by atoms with Crippen LogP contribution in [0.4, 0.5) is 0 Å². The summed E-state index contributed by atoms with van der Waals surface area (Å²) in [6, 6.07) is 11.9. The minimum Gasteiger partial charge on any atom is -0.277 e. The molecule has 0 aliphatic heterocycles. The number of nitrogens with one attached hydrogen (secondary N) is 1. The second-order valence-electron chi connectivity index (χ2n) is 3.89. The van der Waals surface area contributed by atoms with Gasteiger partial charge in [-0.1, -0.05) is 22.0 Å². The van der Waals surface area contributed by atoms with Crippen molar-refractivity contribution in [3.63, 3.8) is 0 Å². The van der Waals surface area contributed by atoms with E-state index in [-0.39, 0.29) is 0 Å². The molecular formula is C14H10BrN3. The van der Waals surface area contributed by atoms with Gasteiger partial charge < -0.3 is 0 Å². The van der Waals surface area contributed by atoms with Gasteiger partial charge in [-0.25, -0.2) is 0 Å². The molecule has 88 valence electrons. The van der Waals surface area contributed by atoms with E-state index in [1.54, 1.807) is 6.20 Å². The Kier molecular flexibility index (Phi) is 2.94. The Labute approximate surface area is 113 Å². The van der Waals surface area contributed by atoms with E-state index in [1.165, 1.54) is 0 Å². The Balaban J connectivity index is 2.00. The van der Waals surface area contributed by atoms with Gasteiger partial charge >= 0.3 is 0 Å². The van der Waals surface area contributed by atoms with Crippen molar-refractivity contribution >= 4 is 39.0 Å². The molecule has 0 amide bonds. The lowest BCUT2D eigenvalue weighted by Crippen LogP contribution is -1.77. The van der Waals surface area contributed by atoms with Gasteiger partial charge in [-0.15, -0.1) is 0 Å². The highest BCUT2D eigenvalue weighted by atomic mass is 79.9. The summed E-state index contributed by atoms with van der Waals surface area (Å²) >= 11 is 3.47. The SMILES string of the molecule is Brc1ccc2[nH]nc(/C=C/c3ccccn3)c2c1. The maximum absolute atomic E-state index is 4.29. The number of aromatic amines is 1. The molecule has 4 heteroatoms. The molecule has 0 bridgehead atoms. The predicted octanol–water partition coefficient (Wildman–Crippen LogP) is 3.89. The van der Waals surface area contributed by atoms with E-state index in [2.05, 4.69) is 37.2 Å². The first-order valence-corrected chi connectivity index (χ1v) is 6.35. The molecule has 0 spiro atoms. The lowest BCUT2D eigenvalue weighted by Gasteiger charge is -1.92.